The fraction of sp³-hybridized carbons (Fsp3) is 0.417. The molecule has 1 aromatic carbocycles. The second-order valence-corrected chi connectivity index (χ2v) is 6.97. The van der Waals surface area contributed by atoms with Gasteiger partial charge in [0.15, 0.2) is 9.84 Å². The van der Waals surface area contributed by atoms with Gasteiger partial charge in [-0.3, -0.25) is 0 Å². The number of carbonyl (C=O) groups is 1. The number of ether oxygens (including phenoxy) is 1. The lowest BCUT2D eigenvalue weighted by Crippen LogP contribution is -2.31. The number of benzene rings is 1. The molecule has 1 aromatic rings. The molecule has 0 saturated carbocycles. The average Bonchev–Trinajstić information content (AvgIpc) is 2.39. The van der Waals surface area contributed by atoms with Gasteiger partial charge in [-0.15, -0.1) is 0 Å². The number of carboxylic acids is 1. The van der Waals surface area contributed by atoms with E-state index in [0.717, 1.165) is 6.07 Å². The SMILES string of the molecule is O=C(O)c1cc(S(=O)(=O)C2CCCOC2)ccc1Cl. The molecule has 0 aliphatic carbocycles. The van der Waals surface area contributed by atoms with Crippen molar-refractivity contribution in [1.29, 1.82) is 0 Å². The normalized spacial score (nSPS) is 20.2. The highest BCUT2D eigenvalue weighted by Crippen LogP contribution is 2.26. The van der Waals surface area contributed by atoms with Gasteiger partial charge in [0.05, 0.1) is 27.3 Å². The molecule has 0 amide bonds. The minimum Gasteiger partial charge on any atom is -0.478 e. The highest BCUT2D eigenvalue weighted by Gasteiger charge is 2.30. The van der Waals surface area contributed by atoms with Crippen molar-refractivity contribution in [2.45, 2.75) is 23.0 Å². The third-order valence-corrected chi connectivity index (χ3v) is 5.54. The van der Waals surface area contributed by atoms with Crippen LogP contribution in [0.25, 0.3) is 0 Å². The first kappa shape index (κ1) is 14.3. The summed E-state index contributed by atoms with van der Waals surface area (Å²) in [4.78, 5) is 10.9. The van der Waals surface area contributed by atoms with Gasteiger partial charge in [0, 0.05) is 6.61 Å². The highest BCUT2D eigenvalue weighted by atomic mass is 35.5. The number of carboxylic acid groups (broad SMARTS) is 1. The van der Waals surface area contributed by atoms with E-state index >= 15 is 0 Å². The quantitative estimate of drug-likeness (QED) is 0.923. The molecule has 0 aromatic heterocycles. The van der Waals surface area contributed by atoms with Gasteiger partial charge in [-0.05, 0) is 31.0 Å². The standard InChI is InChI=1S/C12H13ClO5S/c13-11-4-3-8(6-10(11)12(14)15)19(16,17)9-2-1-5-18-7-9/h3-4,6,9H,1-2,5,7H2,(H,14,15). The lowest BCUT2D eigenvalue weighted by Gasteiger charge is -2.22. The molecule has 1 aliphatic rings. The summed E-state index contributed by atoms with van der Waals surface area (Å²) in [7, 11) is -3.58. The van der Waals surface area contributed by atoms with Crippen LogP contribution < -0.4 is 0 Å². The van der Waals surface area contributed by atoms with Gasteiger partial charge < -0.3 is 9.84 Å². The van der Waals surface area contributed by atoms with Crippen LogP contribution in [-0.2, 0) is 14.6 Å². The van der Waals surface area contributed by atoms with E-state index in [0.29, 0.717) is 19.4 Å². The fourth-order valence-corrected chi connectivity index (χ4v) is 3.87. The topological polar surface area (TPSA) is 80.7 Å². The second kappa shape index (κ2) is 5.48. The number of halogens is 1. The van der Waals surface area contributed by atoms with Crippen LogP contribution in [0.3, 0.4) is 0 Å². The minimum absolute atomic E-state index is 0.0198. The number of rotatable bonds is 3. The van der Waals surface area contributed by atoms with E-state index in [1.54, 1.807) is 0 Å². The summed E-state index contributed by atoms with van der Waals surface area (Å²) in [6.07, 6.45) is 1.20. The molecular weight excluding hydrogens is 292 g/mol. The maximum atomic E-state index is 12.4. The first-order chi connectivity index (χ1) is 8.93. The second-order valence-electron chi connectivity index (χ2n) is 4.33. The Bertz CT molecular complexity index is 590. The van der Waals surface area contributed by atoms with Crippen molar-refractivity contribution in [3.8, 4) is 0 Å². The van der Waals surface area contributed by atoms with Crippen LogP contribution >= 0.6 is 11.6 Å². The van der Waals surface area contributed by atoms with Crippen molar-refractivity contribution in [2.75, 3.05) is 13.2 Å². The highest BCUT2D eigenvalue weighted by molar-refractivity contribution is 7.92. The Morgan fingerprint density at radius 1 is 1.42 bits per heavy atom. The minimum atomic E-state index is -3.58. The first-order valence-electron chi connectivity index (χ1n) is 5.77. The average molecular weight is 305 g/mol. The molecule has 0 radical (unpaired) electrons. The Morgan fingerprint density at radius 3 is 2.74 bits per heavy atom. The summed E-state index contributed by atoms with van der Waals surface area (Å²) in [5.74, 6) is -1.25. The Morgan fingerprint density at radius 2 is 2.16 bits per heavy atom. The van der Waals surface area contributed by atoms with Crippen molar-refractivity contribution in [3.05, 3.63) is 28.8 Å². The van der Waals surface area contributed by atoms with E-state index in [1.165, 1.54) is 12.1 Å². The van der Waals surface area contributed by atoms with Gasteiger partial charge in [-0.1, -0.05) is 11.6 Å². The fourth-order valence-electron chi connectivity index (χ4n) is 1.99. The van der Waals surface area contributed by atoms with Crippen LogP contribution in [0.15, 0.2) is 23.1 Å². The number of aromatic carboxylic acids is 1. The molecule has 1 fully saturated rings. The van der Waals surface area contributed by atoms with Crippen molar-refractivity contribution >= 4 is 27.4 Å². The molecule has 1 aliphatic heterocycles. The Labute approximate surface area is 116 Å². The van der Waals surface area contributed by atoms with E-state index in [9.17, 15) is 13.2 Å². The maximum absolute atomic E-state index is 12.4. The Balaban J connectivity index is 2.40. The summed E-state index contributed by atoms with van der Waals surface area (Å²) < 4.78 is 29.9. The molecule has 1 atom stereocenters. The van der Waals surface area contributed by atoms with Crippen LogP contribution in [0.5, 0.6) is 0 Å². The summed E-state index contributed by atoms with van der Waals surface area (Å²) >= 11 is 5.73. The Hall–Kier alpha value is -1.11. The van der Waals surface area contributed by atoms with Crippen LogP contribution in [0.4, 0.5) is 0 Å². The molecule has 2 rings (SSSR count). The van der Waals surface area contributed by atoms with Gasteiger partial charge in [-0.2, -0.15) is 0 Å². The molecule has 104 valence electrons. The zero-order valence-electron chi connectivity index (χ0n) is 10.0. The summed E-state index contributed by atoms with van der Waals surface area (Å²) in [5.41, 5.74) is -0.209. The van der Waals surface area contributed by atoms with E-state index in [1.807, 2.05) is 0 Å². The maximum Gasteiger partial charge on any atom is 0.337 e. The van der Waals surface area contributed by atoms with Gasteiger partial charge in [0.25, 0.3) is 0 Å². The molecule has 0 spiro atoms. The van der Waals surface area contributed by atoms with E-state index in [2.05, 4.69) is 0 Å². The van der Waals surface area contributed by atoms with Crippen molar-refractivity contribution in [1.82, 2.24) is 0 Å². The van der Waals surface area contributed by atoms with Gasteiger partial charge in [0.1, 0.15) is 0 Å². The molecule has 7 heteroatoms. The monoisotopic (exact) mass is 304 g/mol. The molecule has 1 saturated heterocycles. The van der Waals surface area contributed by atoms with Gasteiger partial charge in [-0.25, -0.2) is 13.2 Å². The summed E-state index contributed by atoms with van der Waals surface area (Å²) in [6.45, 7) is 0.709. The zero-order chi connectivity index (χ0) is 14.0. The van der Waals surface area contributed by atoms with Crippen molar-refractivity contribution in [2.24, 2.45) is 0 Å². The van der Waals surface area contributed by atoms with Crippen LogP contribution in [0.2, 0.25) is 5.02 Å². The number of sulfone groups is 1. The smallest absolute Gasteiger partial charge is 0.337 e. The number of hydrogen-bond donors (Lipinski definition) is 1. The third-order valence-electron chi connectivity index (χ3n) is 3.05. The predicted octanol–water partition coefficient (Wildman–Crippen LogP) is 1.99. The third kappa shape index (κ3) is 2.91. The van der Waals surface area contributed by atoms with Gasteiger partial charge >= 0.3 is 5.97 Å². The van der Waals surface area contributed by atoms with E-state index < -0.39 is 21.1 Å². The molecule has 1 unspecified atom stereocenters. The van der Waals surface area contributed by atoms with Crippen molar-refractivity contribution < 1.29 is 23.1 Å². The lowest BCUT2D eigenvalue weighted by atomic mass is 10.2. The van der Waals surface area contributed by atoms with Crippen LogP contribution in [0.1, 0.15) is 23.2 Å². The van der Waals surface area contributed by atoms with Gasteiger partial charge in [0.2, 0.25) is 0 Å². The van der Waals surface area contributed by atoms with Crippen LogP contribution in [0, 0.1) is 0 Å². The molecule has 19 heavy (non-hydrogen) atoms. The molecular formula is C12H13ClO5S. The summed E-state index contributed by atoms with van der Waals surface area (Å²) in [5, 5.41) is 8.36. The largest absolute Gasteiger partial charge is 0.478 e. The summed E-state index contributed by atoms with van der Waals surface area (Å²) in [6, 6.07) is 3.73. The molecule has 1 N–H and O–H groups in total. The Kier molecular flexibility index (Phi) is 4.13. The molecule has 1 heterocycles. The molecule has 5 nitrogen and oxygen atoms in total. The first-order valence-corrected chi connectivity index (χ1v) is 7.70. The van der Waals surface area contributed by atoms with E-state index in [4.69, 9.17) is 21.4 Å². The zero-order valence-corrected chi connectivity index (χ0v) is 11.6. The van der Waals surface area contributed by atoms with Crippen LogP contribution in [-0.4, -0.2) is 38.0 Å². The number of hydrogen-bond acceptors (Lipinski definition) is 4. The molecule has 0 bridgehead atoms. The van der Waals surface area contributed by atoms with E-state index in [-0.39, 0.29) is 22.1 Å². The van der Waals surface area contributed by atoms with Crippen molar-refractivity contribution in [3.63, 3.8) is 0 Å². The predicted molar refractivity (Wildman–Crippen MR) is 69.4 cm³/mol. The lowest BCUT2D eigenvalue weighted by molar-refractivity contribution is 0.0697.